The lowest BCUT2D eigenvalue weighted by Crippen LogP contribution is -2.47. The zero-order valence-electron chi connectivity index (χ0n) is 19.3. The van der Waals surface area contributed by atoms with Gasteiger partial charge >= 0.3 is 18.0 Å². The summed E-state index contributed by atoms with van der Waals surface area (Å²) in [6.07, 6.45) is 0. The topological polar surface area (TPSA) is 129 Å². The van der Waals surface area contributed by atoms with E-state index in [0.717, 1.165) is 0 Å². The van der Waals surface area contributed by atoms with Crippen molar-refractivity contribution in [1.82, 2.24) is 15.6 Å². The standard InChI is InChI=1S/C24H22FN3O7S/c1-3-32-23(30)20-16(27-24(31)28-21(20)18-9-4-13(2)35-18)10-34-22(29)17-12-36-19(26-17)11-33-15-7-5-14(25)6-8-15/h4-9,12,21H,3,10-11H2,1-2H3,(H2,27,28,31). The quantitative estimate of drug-likeness (QED) is 0.412. The molecule has 2 amide bonds. The largest absolute Gasteiger partial charge is 0.486 e. The van der Waals surface area contributed by atoms with Crippen LogP contribution in [0.2, 0.25) is 0 Å². The molecular weight excluding hydrogens is 493 g/mol. The average Bonchev–Trinajstić information content (AvgIpc) is 3.51. The Morgan fingerprint density at radius 1 is 1.11 bits per heavy atom. The molecule has 2 N–H and O–H groups in total. The summed E-state index contributed by atoms with van der Waals surface area (Å²) in [6, 6.07) is 7.34. The van der Waals surface area contributed by atoms with Crippen molar-refractivity contribution in [2.24, 2.45) is 0 Å². The maximum absolute atomic E-state index is 13.0. The first-order valence-electron chi connectivity index (χ1n) is 10.9. The molecule has 36 heavy (non-hydrogen) atoms. The molecule has 2 aromatic heterocycles. The molecule has 1 aromatic carbocycles. The van der Waals surface area contributed by atoms with Gasteiger partial charge in [-0.05, 0) is 50.2 Å². The van der Waals surface area contributed by atoms with Gasteiger partial charge < -0.3 is 29.3 Å². The third-order valence-electron chi connectivity index (χ3n) is 4.98. The number of esters is 2. The van der Waals surface area contributed by atoms with Crippen molar-refractivity contribution in [3.63, 3.8) is 0 Å². The summed E-state index contributed by atoms with van der Waals surface area (Å²) >= 11 is 1.18. The highest BCUT2D eigenvalue weighted by molar-refractivity contribution is 7.09. The Morgan fingerprint density at radius 2 is 1.89 bits per heavy atom. The fraction of sp³-hybridized carbons (Fsp3) is 0.250. The predicted octanol–water partition coefficient (Wildman–Crippen LogP) is 3.79. The van der Waals surface area contributed by atoms with Crippen molar-refractivity contribution >= 4 is 29.3 Å². The number of furan rings is 1. The van der Waals surface area contributed by atoms with Crippen molar-refractivity contribution in [3.8, 4) is 5.75 Å². The smallest absolute Gasteiger partial charge is 0.358 e. The minimum absolute atomic E-state index is 0.0365. The Hall–Kier alpha value is -4.19. The molecule has 0 bridgehead atoms. The molecule has 0 spiro atoms. The van der Waals surface area contributed by atoms with Crippen LogP contribution < -0.4 is 15.4 Å². The molecule has 10 nitrogen and oxygen atoms in total. The summed E-state index contributed by atoms with van der Waals surface area (Å²) in [6.45, 7) is 3.16. The summed E-state index contributed by atoms with van der Waals surface area (Å²) < 4.78 is 34.6. The number of nitrogens with zero attached hydrogens (tertiary/aromatic N) is 1. The van der Waals surface area contributed by atoms with Crippen molar-refractivity contribution in [3.05, 3.63) is 81.1 Å². The van der Waals surface area contributed by atoms with Crippen LogP contribution >= 0.6 is 11.3 Å². The lowest BCUT2D eigenvalue weighted by molar-refractivity contribution is -0.139. The number of hydrogen-bond acceptors (Lipinski definition) is 9. The number of halogens is 1. The Kier molecular flexibility index (Phi) is 7.64. The van der Waals surface area contributed by atoms with Crippen LogP contribution in [0.5, 0.6) is 5.75 Å². The average molecular weight is 516 g/mol. The van der Waals surface area contributed by atoms with Gasteiger partial charge in [0.1, 0.15) is 47.4 Å². The zero-order chi connectivity index (χ0) is 25.7. The molecule has 1 unspecified atom stereocenters. The fourth-order valence-corrected chi connectivity index (χ4v) is 4.04. The van der Waals surface area contributed by atoms with Crippen molar-refractivity contribution in [2.75, 3.05) is 13.2 Å². The van der Waals surface area contributed by atoms with Crippen LogP contribution in [0.1, 0.15) is 40.0 Å². The molecule has 3 heterocycles. The minimum Gasteiger partial charge on any atom is -0.486 e. The molecule has 0 saturated heterocycles. The van der Waals surface area contributed by atoms with E-state index in [0.29, 0.717) is 22.3 Å². The monoisotopic (exact) mass is 515 g/mol. The number of nitrogens with one attached hydrogen (secondary N) is 2. The summed E-state index contributed by atoms with van der Waals surface area (Å²) in [5.74, 6) is -0.441. The van der Waals surface area contributed by atoms with Gasteiger partial charge in [-0.2, -0.15) is 0 Å². The highest BCUT2D eigenvalue weighted by atomic mass is 32.1. The van der Waals surface area contributed by atoms with Gasteiger partial charge in [0.2, 0.25) is 0 Å². The number of aryl methyl sites for hydroxylation is 1. The number of carbonyl (C=O) groups excluding carboxylic acids is 3. The van der Waals surface area contributed by atoms with Crippen LogP contribution in [0.4, 0.5) is 9.18 Å². The van der Waals surface area contributed by atoms with E-state index in [1.165, 1.54) is 41.0 Å². The van der Waals surface area contributed by atoms with Gasteiger partial charge in [0.05, 0.1) is 17.9 Å². The number of benzene rings is 1. The van der Waals surface area contributed by atoms with E-state index in [1.807, 2.05) is 0 Å². The van der Waals surface area contributed by atoms with Gasteiger partial charge in [-0.3, -0.25) is 0 Å². The molecule has 1 aliphatic rings. The van der Waals surface area contributed by atoms with Gasteiger partial charge in [-0.1, -0.05) is 0 Å². The first-order chi connectivity index (χ1) is 17.3. The third-order valence-corrected chi connectivity index (χ3v) is 5.80. The molecule has 1 aliphatic heterocycles. The summed E-state index contributed by atoms with van der Waals surface area (Å²) in [5, 5.41) is 7.15. The molecule has 4 rings (SSSR count). The number of aromatic nitrogens is 1. The van der Waals surface area contributed by atoms with Gasteiger partial charge in [0.15, 0.2) is 5.69 Å². The zero-order valence-corrected chi connectivity index (χ0v) is 20.1. The van der Waals surface area contributed by atoms with Crippen LogP contribution in [-0.2, 0) is 20.9 Å². The number of urea groups is 1. The van der Waals surface area contributed by atoms with Crippen LogP contribution in [-0.4, -0.2) is 36.2 Å². The lowest BCUT2D eigenvalue weighted by Gasteiger charge is -2.27. The van der Waals surface area contributed by atoms with Crippen molar-refractivity contribution < 1.29 is 37.4 Å². The third kappa shape index (κ3) is 5.89. The second-order valence-corrected chi connectivity index (χ2v) is 8.48. The Labute approximate surface area is 209 Å². The van der Waals surface area contributed by atoms with Crippen LogP contribution in [0.15, 0.2) is 57.5 Å². The fourth-order valence-electron chi connectivity index (χ4n) is 3.36. The SMILES string of the molecule is CCOC(=O)C1=C(COC(=O)c2csc(COc3ccc(F)cc3)n2)NC(=O)NC1c1ccc(C)o1. The highest BCUT2D eigenvalue weighted by Crippen LogP contribution is 2.29. The number of amides is 2. The maximum Gasteiger partial charge on any atom is 0.358 e. The molecule has 0 aliphatic carbocycles. The second kappa shape index (κ2) is 11.0. The number of thiazole rings is 1. The van der Waals surface area contributed by atoms with Crippen LogP contribution in [0.3, 0.4) is 0 Å². The molecule has 188 valence electrons. The Balaban J connectivity index is 1.46. The van der Waals surface area contributed by atoms with Gasteiger partial charge in [-0.25, -0.2) is 23.8 Å². The molecule has 1 atom stereocenters. The summed E-state index contributed by atoms with van der Waals surface area (Å²) in [4.78, 5) is 41.8. The molecular formula is C24H22FN3O7S. The molecule has 12 heteroatoms. The number of hydrogen-bond donors (Lipinski definition) is 2. The van der Waals surface area contributed by atoms with Crippen LogP contribution in [0, 0.1) is 12.7 Å². The molecule has 0 saturated carbocycles. The first-order valence-corrected chi connectivity index (χ1v) is 11.8. The number of rotatable bonds is 9. The van der Waals surface area contributed by atoms with Gasteiger partial charge in [0, 0.05) is 5.38 Å². The van der Waals surface area contributed by atoms with E-state index in [9.17, 15) is 18.8 Å². The van der Waals surface area contributed by atoms with E-state index in [-0.39, 0.29) is 36.0 Å². The van der Waals surface area contributed by atoms with Crippen molar-refractivity contribution in [1.29, 1.82) is 0 Å². The molecule has 0 radical (unpaired) electrons. The van der Waals surface area contributed by atoms with E-state index >= 15 is 0 Å². The van der Waals surface area contributed by atoms with E-state index < -0.39 is 30.6 Å². The maximum atomic E-state index is 13.0. The van der Waals surface area contributed by atoms with Gasteiger partial charge in [0.25, 0.3) is 0 Å². The van der Waals surface area contributed by atoms with E-state index in [2.05, 4.69) is 15.6 Å². The van der Waals surface area contributed by atoms with Crippen molar-refractivity contribution in [2.45, 2.75) is 26.5 Å². The normalized spacial score (nSPS) is 15.2. The van der Waals surface area contributed by atoms with Gasteiger partial charge in [-0.15, -0.1) is 11.3 Å². The molecule has 0 fully saturated rings. The number of ether oxygens (including phenoxy) is 3. The Bertz CT molecular complexity index is 1300. The van der Waals surface area contributed by atoms with E-state index in [4.69, 9.17) is 18.6 Å². The van der Waals surface area contributed by atoms with Crippen LogP contribution in [0.25, 0.3) is 0 Å². The lowest BCUT2D eigenvalue weighted by atomic mass is 10.0. The number of carbonyl (C=O) groups is 3. The second-order valence-electron chi connectivity index (χ2n) is 7.54. The predicted molar refractivity (Wildman–Crippen MR) is 125 cm³/mol. The highest BCUT2D eigenvalue weighted by Gasteiger charge is 2.36. The minimum atomic E-state index is -0.922. The first kappa shape index (κ1) is 24.9. The molecule has 3 aromatic rings. The summed E-state index contributed by atoms with van der Waals surface area (Å²) in [7, 11) is 0. The summed E-state index contributed by atoms with van der Waals surface area (Å²) in [5.41, 5.74) is 0.166. The van der Waals surface area contributed by atoms with E-state index in [1.54, 1.807) is 26.0 Å². The Morgan fingerprint density at radius 3 is 2.58 bits per heavy atom.